The van der Waals surface area contributed by atoms with Crippen molar-refractivity contribution in [1.82, 2.24) is 4.98 Å². The minimum Gasteiger partial charge on any atom is -0.376 e. The minimum absolute atomic E-state index is 0.00656. The molecule has 0 spiro atoms. The summed E-state index contributed by atoms with van der Waals surface area (Å²) in [7, 11) is 0. The van der Waals surface area contributed by atoms with Gasteiger partial charge in [-0.05, 0) is 46.4 Å². The van der Waals surface area contributed by atoms with Gasteiger partial charge in [-0.1, -0.05) is 0 Å². The molecular formula is C12H10BrF3N2S. The predicted octanol–water partition coefficient (Wildman–Crippen LogP) is 5.10. The van der Waals surface area contributed by atoms with Gasteiger partial charge < -0.3 is 5.32 Å². The summed E-state index contributed by atoms with van der Waals surface area (Å²) in [6, 6.07) is 4.28. The van der Waals surface area contributed by atoms with Gasteiger partial charge >= 0.3 is 6.18 Å². The molecule has 2 nitrogen and oxygen atoms in total. The Morgan fingerprint density at radius 1 is 1.32 bits per heavy atom. The Kier molecular flexibility index (Phi) is 4.15. The van der Waals surface area contributed by atoms with Gasteiger partial charge in [-0.25, -0.2) is 4.98 Å². The van der Waals surface area contributed by atoms with Crippen LogP contribution in [0.3, 0.4) is 0 Å². The van der Waals surface area contributed by atoms with Crippen LogP contribution in [0.25, 0.3) is 0 Å². The number of alkyl halides is 3. The smallest absolute Gasteiger partial charge is 0.376 e. The van der Waals surface area contributed by atoms with E-state index in [1.54, 1.807) is 11.3 Å². The number of rotatable bonds is 3. The molecule has 0 aliphatic rings. The van der Waals surface area contributed by atoms with Crippen LogP contribution >= 0.6 is 27.3 Å². The zero-order valence-corrected chi connectivity index (χ0v) is 12.2. The lowest BCUT2D eigenvalue weighted by molar-refractivity contribution is -0.141. The summed E-state index contributed by atoms with van der Waals surface area (Å²) in [4.78, 5) is 4.49. The average Bonchev–Trinajstić information content (AvgIpc) is 2.75. The highest BCUT2D eigenvalue weighted by atomic mass is 79.9. The topological polar surface area (TPSA) is 24.9 Å². The van der Waals surface area contributed by atoms with E-state index in [0.717, 1.165) is 15.4 Å². The van der Waals surface area contributed by atoms with Gasteiger partial charge in [0.1, 0.15) is 5.69 Å². The minimum atomic E-state index is -4.40. The largest absolute Gasteiger partial charge is 0.433 e. The van der Waals surface area contributed by atoms with Crippen LogP contribution in [0.5, 0.6) is 0 Å². The fourth-order valence-electron chi connectivity index (χ4n) is 1.58. The fourth-order valence-corrected chi connectivity index (χ4v) is 3.30. The molecule has 0 saturated heterocycles. The van der Waals surface area contributed by atoms with E-state index in [9.17, 15) is 13.2 Å². The van der Waals surface area contributed by atoms with Crippen molar-refractivity contribution < 1.29 is 13.2 Å². The van der Waals surface area contributed by atoms with E-state index in [1.165, 1.54) is 12.3 Å². The van der Waals surface area contributed by atoms with Gasteiger partial charge in [0.2, 0.25) is 0 Å². The molecule has 1 N–H and O–H groups in total. The highest BCUT2D eigenvalue weighted by molar-refractivity contribution is 9.10. The first-order valence-corrected chi connectivity index (χ1v) is 7.08. The van der Waals surface area contributed by atoms with Crippen molar-refractivity contribution in [3.8, 4) is 0 Å². The van der Waals surface area contributed by atoms with Gasteiger partial charge in [0, 0.05) is 9.35 Å². The van der Waals surface area contributed by atoms with Gasteiger partial charge in [-0.2, -0.15) is 13.2 Å². The molecule has 0 aliphatic carbocycles. The van der Waals surface area contributed by atoms with Crippen LogP contribution in [0.2, 0.25) is 0 Å². The molecule has 1 unspecified atom stereocenters. The van der Waals surface area contributed by atoms with Crippen LogP contribution in [-0.2, 0) is 6.18 Å². The van der Waals surface area contributed by atoms with Crippen LogP contribution in [0.1, 0.15) is 23.5 Å². The molecule has 0 radical (unpaired) electrons. The number of anilines is 1. The van der Waals surface area contributed by atoms with Crippen LogP contribution in [0.15, 0.2) is 34.2 Å². The van der Waals surface area contributed by atoms with Crippen LogP contribution < -0.4 is 5.32 Å². The number of pyridine rings is 1. The quantitative estimate of drug-likeness (QED) is 0.833. The van der Waals surface area contributed by atoms with Crippen molar-refractivity contribution in [2.75, 3.05) is 5.32 Å². The van der Waals surface area contributed by atoms with E-state index in [0.29, 0.717) is 5.69 Å². The summed E-state index contributed by atoms with van der Waals surface area (Å²) < 4.78 is 38.1. The molecule has 7 heteroatoms. The SMILES string of the molecule is CC(Nc1ccc(C(F)(F)F)nc1)c1sccc1Br. The first kappa shape index (κ1) is 14.3. The summed E-state index contributed by atoms with van der Waals surface area (Å²) in [5.74, 6) is 0. The summed E-state index contributed by atoms with van der Waals surface area (Å²) in [6.45, 7) is 1.94. The number of thiophene rings is 1. The standard InChI is InChI=1S/C12H10BrF3N2S/c1-7(11-9(13)4-5-19-11)18-8-2-3-10(17-6-8)12(14,15)16/h2-7,18H,1H3. The molecule has 0 saturated carbocycles. The van der Waals surface area contributed by atoms with Crippen LogP contribution in [-0.4, -0.2) is 4.98 Å². The molecule has 2 rings (SSSR count). The number of hydrogen-bond acceptors (Lipinski definition) is 3. The molecule has 0 fully saturated rings. The monoisotopic (exact) mass is 350 g/mol. The third kappa shape index (κ3) is 3.48. The fraction of sp³-hybridized carbons (Fsp3) is 0.250. The molecule has 19 heavy (non-hydrogen) atoms. The normalized spacial score (nSPS) is 13.3. The van der Waals surface area contributed by atoms with E-state index < -0.39 is 11.9 Å². The summed E-state index contributed by atoms with van der Waals surface area (Å²) in [6.07, 6.45) is -3.21. The highest BCUT2D eigenvalue weighted by Crippen LogP contribution is 2.32. The summed E-state index contributed by atoms with van der Waals surface area (Å²) in [5.41, 5.74) is -0.330. The summed E-state index contributed by atoms with van der Waals surface area (Å²) >= 11 is 5.00. The predicted molar refractivity (Wildman–Crippen MR) is 73.3 cm³/mol. The van der Waals surface area contributed by atoms with Gasteiger partial charge in [-0.15, -0.1) is 11.3 Å². The zero-order valence-electron chi connectivity index (χ0n) is 9.83. The molecule has 0 aliphatic heterocycles. The zero-order chi connectivity index (χ0) is 14.0. The van der Waals surface area contributed by atoms with E-state index >= 15 is 0 Å². The van der Waals surface area contributed by atoms with Crippen molar-refractivity contribution in [1.29, 1.82) is 0 Å². The number of nitrogens with one attached hydrogen (secondary N) is 1. The average molecular weight is 351 g/mol. The van der Waals surface area contributed by atoms with Gasteiger partial charge in [-0.3, -0.25) is 0 Å². The second-order valence-electron chi connectivity index (χ2n) is 3.93. The Bertz CT molecular complexity index is 551. The lowest BCUT2D eigenvalue weighted by Crippen LogP contribution is -2.09. The molecule has 2 aromatic heterocycles. The van der Waals surface area contributed by atoms with Gasteiger partial charge in [0.05, 0.1) is 17.9 Å². The van der Waals surface area contributed by atoms with Crippen LogP contribution in [0, 0.1) is 0 Å². The maximum Gasteiger partial charge on any atom is 0.433 e. The first-order chi connectivity index (χ1) is 8.88. The second kappa shape index (κ2) is 5.50. The molecule has 102 valence electrons. The molecule has 2 heterocycles. The Morgan fingerprint density at radius 3 is 2.53 bits per heavy atom. The molecule has 2 aromatic rings. The number of halogens is 4. The third-order valence-electron chi connectivity index (χ3n) is 2.48. The van der Waals surface area contributed by atoms with E-state index in [1.807, 2.05) is 18.4 Å². The highest BCUT2D eigenvalue weighted by Gasteiger charge is 2.32. The van der Waals surface area contributed by atoms with Crippen molar-refractivity contribution in [2.24, 2.45) is 0 Å². The molecular weight excluding hydrogens is 341 g/mol. The Hall–Kier alpha value is -1.08. The lowest BCUT2D eigenvalue weighted by Gasteiger charge is -2.14. The maximum absolute atomic E-state index is 12.4. The van der Waals surface area contributed by atoms with Crippen molar-refractivity contribution in [3.05, 3.63) is 44.8 Å². The summed E-state index contributed by atoms with van der Waals surface area (Å²) in [5, 5.41) is 5.06. The molecule has 0 aromatic carbocycles. The Morgan fingerprint density at radius 2 is 2.05 bits per heavy atom. The van der Waals surface area contributed by atoms with Crippen molar-refractivity contribution in [3.63, 3.8) is 0 Å². The van der Waals surface area contributed by atoms with Crippen LogP contribution in [0.4, 0.5) is 18.9 Å². The lowest BCUT2D eigenvalue weighted by atomic mass is 10.2. The number of hydrogen-bond donors (Lipinski definition) is 1. The first-order valence-electron chi connectivity index (χ1n) is 5.40. The maximum atomic E-state index is 12.4. The molecule has 0 amide bonds. The Labute approximate surface area is 120 Å². The van der Waals surface area contributed by atoms with Gasteiger partial charge in [0.15, 0.2) is 0 Å². The Balaban J connectivity index is 2.10. The van der Waals surface area contributed by atoms with E-state index in [2.05, 4.69) is 26.2 Å². The molecule has 0 bridgehead atoms. The number of aromatic nitrogens is 1. The molecule has 1 atom stereocenters. The van der Waals surface area contributed by atoms with Crippen molar-refractivity contribution >= 4 is 33.0 Å². The second-order valence-corrected chi connectivity index (χ2v) is 5.73. The number of nitrogens with zero attached hydrogens (tertiary/aromatic N) is 1. The van der Waals surface area contributed by atoms with Crippen molar-refractivity contribution in [2.45, 2.75) is 19.1 Å². The van der Waals surface area contributed by atoms with E-state index in [4.69, 9.17) is 0 Å². The van der Waals surface area contributed by atoms with E-state index in [-0.39, 0.29) is 6.04 Å². The van der Waals surface area contributed by atoms with Gasteiger partial charge in [0.25, 0.3) is 0 Å². The third-order valence-corrected chi connectivity index (χ3v) is 4.53.